The first-order valence-electron chi connectivity index (χ1n) is 7.48. The molecule has 3 rings (SSSR count). The Bertz CT molecular complexity index is 654. The van der Waals surface area contributed by atoms with Gasteiger partial charge in [0.2, 0.25) is 0 Å². The van der Waals surface area contributed by atoms with Crippen molar-refractivity contribution in [1.82, 2.24) is 15.5 Å². The number of ether oxygens (including phenoxy) is 1. The van der Waals surface area contributed by atoms with E-state index in [1.54, 1.807) is 24.1 Å². The third-order valence-electron chi connectivity index (χ3n) is 4.06. The molecule has 7 heteroatoms. The van der Waals surface area contributed by atoms with Crippen molar-refractivity contribution in [3.05, 3.63) is 41.1 Å². The minimum absolute atomic E-state index is 0.0287. The molecule has 0 saturated carbocycles. The smallest absolute Gasteiger partial charge is 0.319 e. The summed E-state index contributed by atoms with van der Waals surface area (Å²) >= 11 is 0. The Labute approximate surface area is 133 Å². The molecule has 2 aliphatic rings. The fourth-order valence-corrected chi connectivity index (χ4v) is 2.92. The number of benzene rings is 1. The van der Waals surface area contributed by atoms with E-state index in [0.29, 0.717) is 36.5 Å². The van der Waals surface area contributed by atoms with Crippen LogP contribution in [0.1, 0.15) is 18.0 Å². The van der Waals surface area contributed by atoms with Gasteiger partial charge in [0.25, 0.3) is 5.91 Å². The molecule has 1 aromatic carbocycles. The Balaban J connectivity index is 1.89. The van der Waals surface area contributed by atoms with E-state index in [9.17, 15) is 9.59 Å². The van der Waals surface area contributed by atoms with Crippen LogP contribution in [0.2, 0.25) is 0 Å². The number of aliphatic hydroxyl groups is 1. The molecule has 2 heterocycles. The summed E-state index contributed by atoms with van der Waals surface area (Å²) in [5, 5.41) is 14.5. The Morgan fingerprint density at radius 2 is 2.04 bits per heavy atom. The molecular weight excluding hydrogens is 298 g/mol. The summed E-state index contributed by atoms with van der Waals surface area (Å²) in [5.41, 5.74) is 2.02. The molecule has 0 fully saturated rings. The maximum Gasteiger partial charge on any atom is 0.319 e. The largest absolute Gasteiger partial charge is 0.497 e. The van der Waals surface area contributed by atoms with Crippen LogP contribution in [0.3, 0.4) is 0 Å². The quantitative estimate of drug-likeness (QED) is 0.739. The van der Waals surface area contributed by atoms with Crippen molar-refractivity contribution in [2.75, 3.05) is 26.8 Å². The highest BCUT2D eigenvalue weighted by atomic mass is 16.5. The van der Waals surface area contributed by atoms with Gasteiger partial charge in [0.1, 0.15) is 5.75 Å². The SMILES string of the molecule is COc1ccc([C@H]2NC(=O)NC3=C2C(=O)N(CCCO)C3)cc1. The zero-order chi connectivity index (χ0) is 16.4. The summed E-state index contributed by atoms with van der Waals surface area (Å²) in [5.74, 6) is 0.604. The highest BCUT2D eigenvalue weighted by molar-refractivity contribution is 6.01. The first-order valence-corrected chi connectivity index (χ1v) is 7.48. The van der Waals surface area contributed by atoms with Crippen molar-refractivity contribution in [2.24, 2.45) is 0 Å². The molecule has 3 N–H and O–H groups in total. The molecule has 23 heavy (non-hydrogen) atoms. The second kappa shape index (κ2) is 6.29. The molecule has 3 amide bonds. The van der Waals surface area contributed by atoms with Gasteiger partial charge in [-0.2, -0.15) is 0 Å². The molecular formula is C16H19N3O4. The number of aliphatic hydroxyl groups excluding tert-OH is 1. The average molecular weight is 317 g/mol. The van der Waals surface area contributed by atoms with Crippen LogP contribution in [0.5, 0.6) is 5.75 Å². The van der Waals surface area contributed by atoms with E-state index in [2.05, 4.69) is 10.6 Å². The number of hydrogen-bond acceptors (Lipinski definition) is 4. The van der Waals surface area contributed by atoms with Gasteiger partial charge in [-0.25, -0.2) is 4.79 Å². The number of nitrogens with zero attached hydrogens (tertiary/aromatic N) is 1. The molecule has 7 nitrogen and oxygen atoms in total. The molecule has 0 spiro atoms. The highest BCUT2D eigenvalue weighted by Gasteiger charge is 2.39. The summed E-state index contributed by atoms with van der Waals surface area (Å²) < 4.78 is 5.14. The molecule has 0 aromatic heterocycles. The molecule has 0 bridgehead atoms. The molecule has 1 aromatic rings. The topological polar surface area (TPSA) is 90.9 Å². The summed E-state index contributed by atoms with van der Waals surface area (Å²) in [6.07, 6.45) is 0.515. The molecule has 122 valence electrons. The van der Waals surface area contributed by atoms with Crippen LogP contribution in [-0.4, -0.2) is 48.8 Å². The van der Waals surface area contributed by atoms with Crippen LogP contribution in [0.4, 0.5) is 4.79 Å². The predicted molar refractivity (Wildman–Crippen MR) is 82.7 cm³/mol. The first kappa shape index (κ1) is 15.4. The number of nitrogens with one attached hydrogen (secondary N) is 2. The van der Waals surface area contributed by atoms with Crippen LogP contribution >= 0.6 is 0 Å². The van der Waals surface area contributed by atoms with Gasteiger partial charge >= 0.3 is 6.03 Å². The molecule has 2 aliphatic heterocycles. The molecule has 0 radical (unpaired) electrons. The van der Waals surface area contributed by atoms with Crippen molar-refractivity contribution in [3.8, 4) is 5.75 Å². The maximum atomic E-state index is 12.6. The van der Waals surface area contributed by atoms with E-state index in [-0.39, 0.29) is 18.5 Å². The number of amides is 3. The zero-order valence-electron chi connectivity index (χ0n) is 12.8. The molecule has 0 unspecified atom stereocenters. The lowest BCUT2D eigenvalue weighted by Crippen LogP contribution is -2.44. The van der Waals surface area contributed by atoms with E-state index < -0.39 is 6.04 Å². The van der Waals surface area contributed by atoms with E-state index >= 15 is 0 Å². The van der Waals surface area contributed by atoms with Gasteiger partial charge in [0, 0.05) is 13.2 Å². The molecule has 1 atom stereocenters. The Morgan fingerprint density at radius 3 is 2.70 bits per heavy atom. The van der Waals surface area contributed by atoms with Crippen LogP contribution in [0, 0.1) is 0 Å². The van der Waals surface area contributed by atoms with Crippen molar-refractivity contribution in [2.45, 2.75) is 12.5 Å². The fourth-order valence-electron chi connectivity index (χ4n) is 2.92. The zero-order valence-corrected chi connectivity index (χ0v) is 12.8. The van der Waals surface area contributed by atoms with Gasteiger partial charge in [-0.05, 0) is 24.1 Å². The fraction of sp³-hybridized carbons (Fsp3) is 0.375. The first-order chi connectivity index (χ1) is 11.1. The maximum absolute atomic E-state index is 12.6. The minimum atomic E-state index is -0.476. The number of rotatable bonds is 5. The lowest BCUT2D eigenvalue weighted by molar-refractivity contribution is -0.125. The predicted octanol–water partition coefficient (Wildman–Crippen LogP) is 0.528. The van der Waals surface area contributed by atoms with Crippen molar-refractivity contribution in [3.63, 3.8) is 0 Å². The number of carbonyl (C=O) groups is 2. The van der Waals surface area contributed by atoms with Gasteiger partial charge in [-0.3, -0.25) is 4.79 Å². The lowest BCUT2D eigenvalue weighted by Gasteiger charge is -2.25. The summed E-state index contributed by atoms with van der Waals surface area (Å²) in [6, 6.07) is 6.48. The van der Waals surface area contributed by atoms with Crippen LogP contribution in [0.25, 0.3) is 0 Å². The van der Waals surface area contributed by atoms with Gasteiger partial charge in [-0.15, -0.1) is 0 Å². The average Bonchev–Trinajstić information content (AvgIpc) is 2.88. The Kier molecular flexibility index (Phi) is 4.20. The van der Waals surface area contributed by atoms with Crippen LogP contribution in [0.15, 0.2) is 35.5 Å². The van der Waals surface area contributed by atoms with Crippen molar-refractivity contribution in [1.29, 1.82) is 0 Å². The number of urea groups is 1. The Morgan fingerprint density at radius 1 is 1.30 bits per heavy atom. The number of carbonyl (C=O) groups excluding carboxylic acids is 2. The van der Waals surface area contributed by atoms with Crippen molar-refractivity contribution >= 4 is 11.9 Å². The van der Waals surface area contributed by atoms with E-state index in [1.807, 2.05) is 12.1 Å². The summed E-state index contributed by atoms with van der Waals surface area (Å²) in [4.78, 5) is 26.2. The lowest BCUT2D eigenvalue weighted by atomic mass is 9.96. The van der Waals surface area contributed by atoms with Crippen LogP contribution in [-0.2, 0) is 4.79 Å². The third kappa shape index (κ3) is 2.87. The molecule has 0 aliphatic carbocycles. The van der Waals surface area contributed by atoms with Gasteiger partial charge in [0.15, 0.2) is 0 Å². The van der Waals surface area contributed by atoms with Crippen LogP contribution < -0.4 is 15.4 Å². The summed E-state index contributed by atoms with van der Waals surface area (Å²) in [7, 11) is 1.58. The second-order valence-electron chi connectivity index (χ2n) is 5.50. The minimum Gasteiger partial charge on any atom is -0.497 e. The summed E-state index contributed by atoms with van der Waals surface area (Å²) in [6.45, 7) is 0.864. The van der Waals surface area contributed by atoms with Gasteiger partial charge in [-0.1, -0.05) is 12.1 Å². The van der Waals surface area contributed by atoms with Gasteiger partial charge < -0.3 is 25.4 Å². The van der Waals surface area contributed by atoms with E-state index in [4.69, 9.17) is 9.84 Å². The Hall–Kier alpha value is -2.54. The highest BCUT2D eigenvalue weighted by Crippen LogP contribution is 2.33. The van der Waals surface area contributed by atoms with E-state index in [1.165, 1.54) is 0 Å². The van der Waals surface area contributed by atoms with Crippen molar-refractivity contribution < 1.29 is 19.4 Å². The van der Waals surface area contributed by atoms with Gasteiger partial charge in [0.05, 0.1) is 31.0 Å². The monoisotopic (exact) mass is 317 g/mol. The number of methoxy groups -OCH3 is 1. The molecule has 0 saturated heterocycles. The normalized spacial score (nSPS) is 20.3. The standard InChI is InChI=1S/C16H19N3O4/c1-23-11-5-3-10(4-6-11)14-13-12(17-16(22)18-14)9-19(15(13)21)7-2-8-20/h3-6,14,20H,2,7-9H2,1H3,(H2,17,18,22)/t14-/m1/s1. The number of hydrogen-bond donors (Lipinski definition) is 3. The third-order valence-corrected chi connectivity index (χ3v) is 4.06. The van der Waals surface area contributed by atoms with E-state index in [0.717, 1.165) is 5.56 Å². The second-order valence-corrected chi connectivity index (χ2v) is 5.50.